The molecule has 3 aromatic rings. The van der Waals surface area contributed by atoms with Crippen LogP contribution in [0.1, 0.15) is 30.0 Å². The van der Waals surface area contributed by atoms with Gasteiger partial charge >= 0.3 is 0 Å². The molecule has 0 spiro atoms. The van der Waals surface area contributed by atoms with Crippen molar-refractivity contribution >= 4 is 35.0 Å². The summed E-state index contributed by atoms with van der Waals surface area (Å²) in [5, 5.41) is 3.69. The molecule has 3 rings (SSSR count). The molecule has 0 heterocycles. The van der Waals surface area contributed by atoms with Crippen LogP contribution < -0.4 is 5.32 Å². The lowest BCUT2D eigenvalue weighted by atomic mass is 10.0. The second-order valence-corrected chi connectivity index (χ2v) is 8.80. The van der Waals surface area contributed by atoms with Gasteiger partial charge in [-0.05, 0) is 35.7 Å². The Hall–Kier alpha value is -2.89. The molecule has 0 saturated carbocycles. The number of nitrogens with one attached hydrogen (secondary N) is 1. The normalized spacial score (nSPS) is 11.6. The van der Waals surface area contributed by atoms with E-state index in [9.17, 15) is 14.0 Å². The Morgan fingerprint density at radius 2 is 1.59 bits per heavy atom. The molecule has 34 heavy (non-hydrogen) atoms. The predicted molar refractivity (Wildman–Crippen MR) is 134 cm³/mol. The van der Waals surface area contributed by atoms with Crippen molar-refractivity contribution < 1.29 is 14.0 Å². The van der Waals surface area contributed by atoms with Crippen molar-refractivity contribution in [3.05, 3.63) is 105 Å². The highest BCUT2D eigenvalue weighted by atomic mass is 35.5. The first-order valence-corrected chi connectivity index (χ1v) is 11.9. The van der Waals surface area contributed by atoms with Gasteiger partial charge in [0.2, 0.25) is 11.8 Å². The summed E-state index contributed by atoms with van der Waals surface area (Å²) >= 11 is 12.8. The highest BCUT2D eigenvalue weighted by Crippen LogP contribution is 2.27. The van der Waals surface area contributed by atoms with Crippen molar-refractivity contribution in [2.45, 2.75) is 38.8 Å². The fourth-order valence-electron chi connectivity index (χ4n) is 3.68. The lowest BCUT2D eigenvalue weighted by molar-refractivity contribution is -0.140. The summed E-state index contributed by atoms with van der Waals surface area (Å²) in [7, 11) is 0. The monoisotopic (exact) mass is 500 g/mol. The van der Waals surface area contributed by atoms with Gasteiger partial charge in [0.1, 0.15) is 11.9 Å². The smallest absolute Gasteiger partial charge is 0.243 e. The lowest BCUT2D eigenvalue weighted by Crippen LogP contribution is -2.51. The van der Waals surface area contributed by atoms with E-state index < -0.39 is 17.8 Å². The van der Waals surface area contributed by atoms with Gasteiger partial charge in [0.25, 0.3) is 0 Å². The Morgan fingerprint density at radius 1 is 0.941 bits per heavy atom. The Balaban J connectivity index is 2.01. The average molecular weight is 501 g/mol. The van der Waals surface area contributed by atoms with Crippen LogP contribution in [0.25, 0.3) is 0 Å². The Bertz CT molecular complexity index is 1100. The third-order valence-electron chi connectivity index (χ3n) is 5.51. The number of benzene rings is 3. The number of hydrogen-bond acceptors (Lipinski definition) is 2. The third kappa shape index (κ3) is 6.81. The SMILES string of the molecule is CCCNC(=O)C(Cc1ccccc1)N(Cc1c(Cl)cccc1Cl)C(=O)Cc1ccccc1F. The highest BCUT2D eigenvalue weighted by molar-refractivity contribution is 6.36. The van der Waals surface area contributed by atoms with E-state index in [-0.39, 0.29) is 24.4 Å². The number of nitrogens with zero attached hydrogens (tertiary/aromatic N) is 1. The summed E-state index contributed by atoms with van der Waals surface area (Å²) < 4.78 is 14.3. The fourth-order valence-corrected chi connectivity index (χ4v) is 4.20. The minimum Gasteiger partial charge on any atom is -0.354 e. The van der Waals surface area contributed by atoms with Gasteiger partial charge in [0.05, 0.1) is 6.42 Å². The molecule has 1 unspecified atom stereocenters. The van der Waals surface area contributed by atoms with Crippen LogP contribution >= 0.6 is 23.2 Å². The van der Waals surface area contributed by atoms with Crippen LogP contribution in [0.3, 0.4) is 0 Å². The molecule has 0 saturated heterocycles. The van der Waals surface area contributed by atoms with Crippen molar-refractivity contribution in [2.24, 2.45) is 0 Å². The number of halogens is 3. The van der Waals surface area contributed by atoms with Crippen LogP contribution in [-0.2, 0) is 29.0 Å². The fraction of sp³-hybridized carbons (Fsp3) is 0.259. The van der Waals surface area contributed by atoms with Gasteiger partial charge in [0.15, 0.2) is 0 Å². The van der Waals surface area contributed by atoms with Crippen molar-refractivity contribution in [1.82, 2.24) is 10.2 Å². The summed E-state index contributed by atoms with van der Waals surface area (Å²) in [6.07, 6.45) is 0.853. The number of carbonyl (C=O) groups is 2. The molecule has 2 amide bonds. The van der Waals surface area contributed by atoms with Crippen molar-refractivity contribution in [1.29, 1.82) is 0 Å². The minimum atomic E-state index is -0.833. The van der Waals surface area contributed by atoms with Crippen LogP contribution in [0.2, 0.25) is 10.0 Å². The molecule has 0 aliphatic rings. The maximum atomic E-state index is 14.3. The minimum absolute atomic E-state index is 0.0167. The molecule has 7 heteroatoms. The quantitative estimate of drug-likeness (QED) is 0.380. The molecule has 0 fully saturated rings. The molecule has 0 bridgehead atoms. The summed E-state index contributed by atoms with van der Waals surface area (Å²) in [5.41, 5.74) is 1.69. The van der Waals surface area contributed by atoms with E-state index in [0.29, 0.717) is 28.6 Å². The zero-order valence-electron chi connectivity index (χ0n) is 18.9. The Kier molecular flexibility index (Phi) is 9.49. The number of rotatable bonds is 10. The molecule has 0 aliphatic carbocycles. The van der Waals surface area contributed by atoms with E-state index in [4.69, 9.17) is 23.2 Å². The van der Waals surface area contributed by atoms with Crippen molar-refractivity contribution in [3.8, 4) is 0 Å². The molecule has 1 atom stereocenters. The maximum absolute atomic E-state index is 14.3. The highest BCUT2D eigenvalue weighted by Gasteiger charge is 2.31. The van der Waals surface area contributed by atoms with E-state index in [0.717, 1.165) is 12.0 Å². The van der Waals surface area contributed by atoms with Crippen molar-refractivity contribution in [3.63, 3.8) is 0 Å². The standard InChI is InChI=1S/C27H27Cl2FN2O2/c1-2-15-31-27(34)25(16-19-9-4-3-5-10-19)32(18-21-22(28)12-8-13-23(21)29)26(33)17-20-11-6-7-14-24(20)30/h3-14,25H,2,15-18H2,1H3,(H,31,34). The van der Waals surface area contributed by atoms with Crippen LogP contribution in [0.15, 0.2) is 72.8 Å². The van der Waals surface area contributed by atoms with Crippen LogP contribution in [0, 0.1) is 5.82 Å². The lowest BCUT2D eigenvalue weighted by Gasteiger charge is -2.32. The van der Waals surface area contributed by atoms with Gasteiger partial charge < -0.3 is 10.2 Å². The van der Waals surface area contributed by atoms with Gasteiger partial charge in [-0.25, -0.2) is 4.39 Å². The number of hydrogen-bond donors (Lipinski definition) is 1. The summed E-state index contributed by atoms with van der Waals surface area (Å²) in [6, 6.07) is 19.8. The number of amides is 2. The second-order valence-electron chi connectivity index (χ2n) is 7.99. The van der Waals surface area contributed by atoms with E-state index in [1.807, 2.05) is 37.3 Å². The zero-order valence-corrected chi connectivity index (χ0v) is 20.5. The molecule has 4 nitrogen and oxygen atoms in total. The molecule has 3 aromatic carbocycles. The summed E-state index contributed by atoms with van der Waals surface area (Å²) in [6.45, 7) is 2.45. The van der Waals surface area contributed by atoms with Crippen molar-refractivity contribution in [2.75, 3.05) is 6.54 Å². The van der Waals surface area contributed by atoms with Crippen LogP contribution in [0.5, 0.6) is 0 Å². The Morgan fingerprint density at radius 3 is 2.24 bits per heavy atom. The summed E-state index contributed by atoms with van der Waals surface area (Å²) in [5.74, 6) is -1.15. The first-order valence-electron chi connectivity index (χ1n) is 11.2. The average Bonchev–Trinajstić information content (AvgIpc) is 2.83. The van der Waals surface area contributed by atoms with Gasteiger partial charge in [0, 0.05) is 35.1 Å². The largest absolute Gasteiger partial charge is 0.354 e. The van der Waals surface area contributed by atoms with Crippen LogP contribution in [-0.4, -0.2) is 29.3 Å². The zero-order chi connectivity index (χ0) is 24.5. The molecule has 0 aliphatic heterocycles. The van der Waals surface area contributed by atoms with E-state index in [1.54, 1.807) is 36.4 Å². The molecule has 0 aromatic heterocycles. The van der Waals surface area contributed by atoms with E-state index in [1.165, 1.54) is 11.0 Å². The topological polar surface area (TPSA) is 49.4 Å². The molecule has 1 N–H and O–H groups in total. The second kappa shape index (κ2) is 12.5. The first kappa shape index (κ1) is 25.7. The summed E-state index contributed by atoms with van der Waals surface area (Å²) in [4.78, 5) is 28.3. The number of carbonyl (C=O) groups excluding carboxylic acids is 2. The maximum Gasteiger partial charge on any atom is 0.243 e. The molecular formula is C27H27Cl2FN2O2. The van der Waals surface area contributed by atoms with E-state index in [2.05, 4.69) is 5.32 Å². The molecule has 178 valence electrons. The van der Waals surface area contributed by atoms with Gasteiger partial charge in [-0.15, -0.1) is 0 Å². The molecular weight excluding hydrogens is 474 g/mol. The molecule has 0 radical (unpaired) electrons. The van der Waals surface area contributed by atoms with Gasteiger partial charge in [-0.3, -0.25) is 9.59 Å². The Labute approximate surface area is 209 Å². The van der Waals surface area contributed by atoms with E-state index >= 15 is 0 Å². The van der Waals surface area contributed by atoms with Gasteiger partial charge in [-0.1, -0.05) is 84.7 Å². The third-order valence-corrected chi connectivity index (χ3v) is 6.22. The predicted octanol–water partition coefficient (Wildman–Crippen LogP) is 5.84. The van der Waals surface area contributed by atoms with Crippen LogP contribution in [0.4, 0.5) is 4.39 Å². The van der Waals surface area contributed by atoms with Gasteiger partial charge in [-0.2, -0.15) is 0 Å². The first-order chi connectivity index (χ1) is 16.4.